The number of rotatable bonds is 6. The van der Waals surface area contributed by atoms with Crippen LogP contribution in [0.15, 0.2) is 30.6 Å². The number of hydrogen-bond acceptors (Lipinski definition) is 5. The van der Waals surface area contributed by atoms with Crippen LogP contribution in [0.3, 0.4) is 0 Å². The summed E-state index contributed by atoms with van der Waals surface area (Å²) in [4.78, 5) is 0. The topological polar surface area (TPSA) is 75.8 Å². The third kappa shape index (κ3) is 3.79. The van der Waals surface area contributed by atoms with E-state index in [2.05, 4.69) is 15.5 Å². The second kappa shape index (κ2) is 6.52. The summed E-state index contributed by atoms with van der Waals surface area (Å²) in [6.07, 6.45) is 1.67. The molecule has 0 aliphatic heterocycles. The molecule has 6 nitrogen and oxygen atoms in total. The van der Waals surface area contributed by atoms with Crippen LogP contribution < -0.4 is 10.1 Å². The number of hydrogen-bond donors (Lipinski definition) is 1. The van der Waals surface area contributed by atoms with Gasteiger partial charge in [0.1, 0.15) is 24.0 Å². The first-order valence-corrected chi connectivity index (χ1v) is 5.92. The van der Waals surface area contributed by atoms with E-state index in [0.717, 1.165) is 11.4 Å². The van der Waals surface area contributed by atoms with Gasteiger partial charge in [-0.05, 0) is 17.7 Å². The smallest absolute Gasteiger partial charge is 0.174 e. The van der Waals surface area contributed by atoms with Gasteiger partial charge in [0.2, 0.25) is 0 Å². The van der Waals surface area contributed by atoms with Gasteiger partial charge in [0.05, 0.1) is 6.54 Å². The Bertz CT molecular complexity index is 572. The van der Waals surface area contributed by atoms with Gasteiger partial charge >= 0.3 is 0 Å². The first-order chi connectivity index (χ1) is 9.29. The van der Waals surface area contributed by atoms with Gasteiger partial charge in [-0.15, -0.1) is 10.2 Å². The standard InChI is InChI=1S/C13H15N5O/c1-18-10-16-17-13(18)9-15-8-11-3-2-4-12(7-11)19-6-5-14/h2-4,7,10,15H,6,8-9H2,1H3. The maximum absolute atomic E-state index is 8.47. The van der Waals surface area contributed by atoms with Crippen LogP contribution in [0.1, 0.15) is 11.4 Å². The van der Waals surface area contributed by atoms with Crippen molar-refractivity contribution in [2.24, 2.45) is 7.05 Å². The molecule has 0 spiro atoms. The van der Waals surface area contributed by atoms with Gasteiger partial charge in [-0.3, -0.25) is 0 Å². The van der Waals surface area contributed by atoms with Crippen molar-refractivity contribution >= 4 is 0 Å². The summed E-state index contributed by atoms with van der Waals surface area (Å²) in [5.74, 6) is 1.59. The molecule has 0 amide bonds. The fourth-order valence-corrected chi connectivity index (χ4v) is 1.65. The first-order valence-electron chi connectivity index (χ1n) is 5.92. The second-order valence-electron chi connectivity index (χ2n) is 4.06. The molecule has 0 saturated carbocycles. The molecule has 0 unspecified atom stereocenters. The fourth-order valence-electron chi connectivity index (χ4n) is 1.65. The fraction of sp³-hybridized carbons (Fsp3) is 0.308. The van der Waals surface area contributed by atoms with Gasteiger partial charge in [0.15, 0.2) is 6.61 Å². The van der Waals surface area contributed by atoms with Crippen LogP contribution in [-0.4, -0.2) is 21.4 Å². The molecule has 1 heterocycles. The second-order valence-corrected chi connectivity index (χ2v) is 4.06. The van der Waals surface area contributed by atoms with Gasteiger partial charge in [0, 0.05) is 13.6 Å². The molecule has 0 radical (unpaired) electrons. The molecule has 19 heavy (non-hydrogen) atoms. The van der Waals surface area contributed by atoms with Crippen molar-refractivity contribution in [3.63, 3.8) is 0 Å². The van der Waals surface area contributed by atoms with E-state index in [-0.39, 0.29) is 6.61 Å². The van der Waals surface area contributed by atoms with Crippen LogP contribution in [-0.2, 0) is 20.1 Å². The van der Waals surface area contributed by atoms with Crippen molar-refractivity contribution in [3.05, 3.63) is 42.0 Å². The number of nitrogens with one attached hydrogen (secondary N) is 1. The van der Waals surface area contributed by atoms with Crippen LogP contribution in [0, 0.1) is 11.3 Å². The first kappa shape index (κ1) is 13.1. The summed E-state index contributed by atoms with van der Waals surface area (Å²) in [5, 5.41) is 19.6. The highest BCUT2D eigenvalue weighted by Crippen LogP contribution is 2.13. The van der Waals surface area contributed by atoms with Gasteiger partial charge < -0.3 is 14.6 Å². The quantitative estimate of drug-likeness (QED) is 0.835. The lowest BCUT2D eigenvalue weighted by atomic mass is 10.2. The van der Waals surface area contributed by atoms with Crippen LogP contribution >= 0.6 is 0 Å². The Hall–Kier alpha value is -2.39. The van der Waals surface area contributed by atoms with E-state index in [1.165, 1.54) is 0 Å². The van der Waals surface area contributed by atoms with Crippen molar-refractivity contribution in [1.29, 1.82) is 5.26 Å². The molecule has 0 atom stereocenters. The van der Waals surface area contributed by atoms with Gasteiger partial charge in [0.25, 0.3) is 0 Å². The molecule has 2 rings (SSSR count). The molecule has 1 aromatic heterocycles. The Kier molecular flexibility index (Phi) is 4.48. The van der Waals surface area contributed by atoms with Crippen molar-refractivity contribution < 1.29 is 4.74 Å². The molecule has 1 N–H and O–H groups in total. The summed E-state index contributed by atoms with van der Waals surface area (Å²) >= 11 is 0. The van der Waals surface area contributed by atoms with Crippen molar-refractivity contribution in [2.45, 2.75) is 13.1 Å². The van der Waals surface area contributed by atoms with E-state index in [1.807, 2.05) is 41.9 Å². The summed E-state index contributed by atoms with van der Waals surface area (Å²) in [6, 6.07) is 9.61. The molecular formula is C13H15N5O. The van der Waals surface area contributed by atoms with Crippen LogP contribution in [0.5, 0.6) is 5.75 Å². The Labute approximate surface area is 111 Å². The van der Waals surface area contributed by atoms with E-state index in [1.54, 1.807) is 6.33 Å². The van der Waals surface area contributed by atoms with E-state index in [0.29, 0.717) is 18.8 Å². The summed E-state index contributed by atoms with van der Waals surface area (Å²) in [6.45, 7) is 1.42. The average molecular weight is 257 g/mol. The maximum atomic E-state index is 8.47. The normalized spacial score (nSPS) is 10.1. The van der Waals surface area contributed by atoms with Gasteiger partial charge in [-0.25, -0.2) is 0 Å². The lowest BCUT2D eigenvalue weighted by Gasteiger charge is -2.06. The predicted octanol–water partition coefficient (Wildman–Crippen LogP) is 1.01. The minimum Gasteiger partial charge on any atom is -0.479 e. The number of aryl methyl sites for hydroxylation is 1. The molecule has 0 aliphatic rings. The number of nitriles is 1. The SMILES string of the molecule is Cn1cnnc1CNCc1cccc(OCC#N)c1. The highest BCUT2D eigenvalue weighted by molar-refractivity contribution is 5.28. The summed E-state index contributed by atoms with van der Waals surface area (Å²) in [5.41, 5.74) is 1.10. The molecule has 0 bridgehead atoms. The Balaban J connectivity index is 1.86. The minimum absolute atomic E-state index is 0.0653. The Morgan fingerprint density at radius 3 is 3.05 bits per heavy atom. The number of ether oxygens (including phenoxy) is 1. The van der Waals surface area contributed by atoms with Crippen LogP contribution in [0.2, 0.25) is 0 Å². The van der Waals surface area contributed by atoms with Crippen LogP contribution in [0.25, 0.3) is 0 Å². The molecular weight excluding hydrogens is 242 g/mol. The third-order valence-corrected chi connectivity index (χ3v) is 2.62. The van der Waals surface area contributed by atoms with Gasteiger partial charge in [-0.2, -0.15) is 5.26 Å². The van der Waals surface area contributed by atoms with E-state index < -0.39 is 0 Å². The van der Waals surface area contributed by atoms with Crippen molar-refractivity contribution in [2.75, 3.05) is 6.61 Å². The molecule has 98 valence electrons. The number of aromatic nitrogens is 3. The molecule has 0 saturated heterocycles. The monoisotopic (exact) mass is 257 g/mol. The zero-order valence-electron chi connectivity index (χ0n) is 10.7. The van der Waals surface area contributed by atoms with Crippen molar-refractivity contribution in [3.8, 4) is 11.8 Å². The molecule has 6 heteroatoms. The predicted molar refractivity (Wildman–Crippen MR) is 69.1 cm³/mol. The lowest BCUT2D eigenvalue weighted by Crippen LogP contribution is -2.15. The zero-order chi connectivity index (χ0) is 13.5. The highest BCUT2D eigenvalue weighted by Gasteiger charge is 2.01. The van der Waals surface area contributed by atoms with E-state index >= 15 is 0 Å². The minimum atomic E-state index is 0.0653. The molecule has 0 aliphatic carbocycles. The third-order valence-electron chi connectivity index (χ3n) is 2.62. The molecule has 2 aromatic rings. The highest BCUT2D eigenvalue weighted by atomic mass is 16.5. The van der Waals surface area contributed by atoms with Crippen LogP contribution in [0.4, 0.5) is 0 Å². The average Bonchev–Trinajstić information content (AvgIpc) is 2.83. The number of nitrogens with zero attached hydrogens (tertiary/aromatic N) is 4. The van der Waals surface area contributed by atoms with Crippen molar-refractivity contribution in [1.82, 2.24) is 20.1 Å². The Morgan fingerprint density at radius 2 is 2.32 bits per heavy atom. The molecule has 1 aromatic carbocycles. The largest absolute Gasteiger partial charge is 0.479 e. The van der Waals surface area contributed by atoms with E-state index in [4.69, 9.17) is 10.00 Å². The molecule has 0 fully saturated rings. The van der Waals surface area contributed by atoms with E-state index in [9.17, 15) is 0 Å². The maximum Gasteiger partial charge on any atom is 0.174 e. The number of benzene rings is 1. The summed E-state index contributed by atoms with van der Waals surface area (Å²) in [7, 11) is 1.91. The van der Waals surface area contributed by atoms with Gasteiger partial charge in [-0.1, -0.05) is 12.1 Å². The summed E-state index contributed by atoms with van der Waals surface area (Å²) < 4.78 is 7.13. The lowest BCUT2D eigenvalue weighted by molar-refractivity contribution is 0.367. The Morgan fingerprint density at radius 1 is 1.42 bits per heavy atom. The zero-order valence-corrected chi connectivity index (χ0v) is 10.7.